The number of amides is 1. The van der Waals surface area contributed by atoms with Crippen molar-refractivity contribution in [1.82, 2.24) is 15.1 Å². The average Bonchev–Trinajstić information content (AvgIpc) is 2.80. The van der Waals surface area contributed by atoms with Crippen LogP contribution in [0.5, 0.6) is 0 Å². The van der Waals surface area contributed by atoms with Gasteiger partial charge in [-0.2, -0.15) is 5.10 Å². The van der Waals surface area contributed by atoms with Crippen molar-refractivity contribution in [1.29, 1.82) is 0 Å². The van der Waals surface area contributed by atoms with Crippen LogP contribution in [0.3, 0.4) is 0 Å². The van der Waals surface area contributed by atoms with E-state index in [0.717, 1.165) is 36.8 Å². The molecule has 1 heterocycles. The molecule has 0 fully saturated rings. The molecule has 0 spiro atoms. The van der Waals surface area contributed by atoms with Crippen LogP contribution in [-0.4, -0.2) is 34.1 Å². The average molecular weight is 260 g/mol. The fourth-order valence-corrected chi connectivity index (χ4v) is 2.20. The van der Waals surface area contributed by atoms with Crippen LogP contribution in [0.25, 0.3) is 10.9 Å². The maximum Gasteiger partial charge on any atom is 0.274 e. The molecule has 0 bridgehead atoms. The van der Waals surface area contributed by atoms with Crippen molar-refractivity contribution in [2.45, 2.75) is 26.7 Å². The van der Waals surface area contributed by atoms with E-state index in [9.17, 15) is 4.79 Å². The summed E-state index contributed by atoms with van der Waals surface area (Å²) < 4.78 is 0. The van der Waals surface area contributed by atoms with Crippen LogP contribution < -0.4 is 5.73 Å². The topological polar surface area (TPSA) is 75.0 Å². The first-order valence-corrected chi connectivity index (χ1v) is 6.70. The van der Waals surface area contributed by atoms with Crippen molar-refractivity contribution in [3.8, 4) is 0 Å². The molecule has 1 aromatic carbocycles. The molecule has 0 saturated heterocycles. The molecule has 0 aliphatic heterocycles. The number of carbonyl (C=O) groups excluding carboxylic acids is 1. The van der Waals surface area contributed by atoms with Gasteiger partial charge in [0.1, 0.15) is 0 Å². The first-order valence-electron chi connectivity index (χ1n) is 6.70. The molecule has 1 amide bonds. The van der Waals surface area contributed by atoms with E-state index in [1.54, 1.807) is 12.1 Å². The van der Waals surface area contributed by atoms with Crippen LogP contribution in [0.15, 0.2) is 18.2 Å². The molecule has 102 valence electrons. The first-order chi connectivity index (χ1) is 9.17. The lowest BCUT2D eigenvalue weighted by Crippen LogP contribution is -2.32. The Morgan fingerprint density at radius 2 is 2.00 bits per heavy atom. The maximum absolute atomic E-state index is 12.5. The predicted molar refractivity (Wildman–Crippen MR) is 77.0 cm³/mol. The van der Waals surface area contributed by atoms with Gasteiger partial charge in [0.15, 0.2) is 5.69 Å². The van der Waals surface area contributed by atoms with Crippen molar-refractivity contribution in [2.24, 2.45) is 0 Å². The highest BCUT2D eigenvalue weighted by Crippen LogP contribution is 2.20. The highest BCUT2D eigenvalue weighted by molar-refractivity contribution is 6.05. The minimum Gasteiger partial charge on any atom is -0.399 e. The minimum absolute atomic E-state index is 0.0273. The summed E-state index contributed by atoms with van der Waals surface area (Å²) in [6.45, 7) is 5.64. The van der Waals surface area contributed by atoms with Crippen LogP contribution in [0.4, 0.5) is 5.69 Å². The van der Waals surface area contributed by atoms with E-state index in [0.29, 0.717) is 11.4 Å². The number of nitrogens with two attached hydrogens (primary N) is 1. The van der Waals surface area contributed by atoms with Gasteiger partial charge in [-0.15, -0.1) is 0 Å². The second kappa shape index (κ2) is 5.73. The van der Waals surface area contributed by atoms with Crippen LogP contribution in [0, 0.1) is 0 Å². The van der Waals surface area contributed by atoms with Crippen molar-refractivity contribution < 1.29 is 4.79 Å². The SMILES string of the molecule is CCCN(CCC)C(=O)c1n[nH]c2ccc(N)cc12. The third-order valence-corrected chi connectivity index (χ3v) is 3.06. The number of benzene rings is 1. The van der Waals surface area contributed by atoms with Crippen molar-refractivity contribution in [3.63, 3.8) is 0 Å². The fourth-order valence-electron chi connectivity index (χ4n) is 2.20. The number of H-pyrrole nitrogens is 1. The monoisotopic (exact) mass is 260 g/mol. The quantitative estimate of drug-likeness (QED) is 0.811. The molecule has 0 saturated carbocycles. The number of anilines is 1. The van der Waals surface area contributed by atoms with Crippen molar-refractivity contribution >= 4 is 22.5 Å². The number of nitrogens with one attached hydrogen (secondary N) is 1. The Balaban J connectivity index is 2.36. The summed E-state index contributed by atoms with van der Waals surface area (Å²) in [5.41, 5.74) is 7.72. The number of hydrogen-bond acceptors (Lipinski definition) is 3. The van der Waals surface area contributed by atoms with Gasteiger partial charge in [0.25, 0.3) is 5.91 Å². The largest absolute Gasteiger partial charge is 0.399 e. The molecule has 19 heavy (non-hydrogen) atoms. The molecule has 3 N–H and O–H groups in total. The summed E-state index contributed by atoms with van der Waals surface area (Å²) in [7, 11) is 0. The minimum atomic E-state index is -0.0273. The Morgan fingerprint density at radius 1 is 1.32 bits per heavy atom. The van der Waals surface area contributed by atoms with E-state index in [1.165, 1.54) is 0 Å². The zero-order chi connectivity index (χ0) is 13.8. The Labute approximate surface area is 112 Å². The zero-order valence-electron chi connectivity index (χ0n) is 11.4. The molecule has 1 aromatic heterocycles. The van der Waals surface area contributed by atoms with Gasteiger partial charge in [0, 0.05) is 24.2 Å². The lowest BCUT2D eigenvalue weighted by molar-refractivity contribution is 0.0751. The second-order valence-electron chi connectivity index (χ2n) is 4.67. The Bertz CT molecular complexity index is 570. The van der Waals surface area contributed by atoms with E-state index in [-0.39, 0.29) is 5.91 Å². The number of rotatable bonds is 5. The molecule has 0 aliphatic carbocycles. The predicted octanol–water partition coefficient (Wildman–Crippen LogP) is 2.41. The Hall–Kier alpha value is -2.04. The van der Waals surface area contributed by atoms with Crippen molar-refractivity contribution in [2.75, 3.05) is 18.8 Å². The molecule has 0 unspecified atom stereocenters. The summed E-state index contributed by atoms with van der Waals surface area (Å²) in [6.07, 6.45) is 1.88. The summed E-state index contributed by atoms with van der Waals surface area (Å²) in [5, 5.41) is 7.83. The number of carbonyl (C=O) groups is 1. The van der Waals surface area contributed by atoms with Gasteiger partial charge in [-0.3, -0.25) is 9.89 Å². The summed E-state index contributed by atoms with van der Waals surface area (Å²) in [5.74, 6) is -0.0273. The standard InChI is InChI=1S/C14H20N4O/c1-3-7-18(8-4-2)14(19)13-11-9-10(15)5-6-12(11)16-17-13/h5-6,9H,3-4,7-8,15H2,1-2H3,(H,16,17). The van der Waals surface area contributed by atoms with Crippen LogP contribution in [-0.2, 0) is 0 Å². The lowest BCUT2D eigenvalue weighted by Gasteiger charge is -2.20. The maximum atomic E-state index is 12.5. The molecule has 5 nitrogen and oxygen atoms in total. The number of fused-ring (bicyclic) bond motifs is 1. The number of hydrogen-bond donors (Lipinski definition) is 2. The molecular formula is C14H20N4O. The molecule has 0 radical (unpaired) electrons. The van der Waals surface area contributed by atoms with Gasteiger partial charge >= 0.3 is 0 Å². The van der Waals surface area contributed by atoms with Gasteiger partial charge in [0.05, 0.1) is 5.52 Å². The summed E-state index contributed by atoms with van der Waals surface area (Å²) in [6, 6.07) is 5.44. The molecule has 0 atom stereocenters. The van der Waals surface area contributed by atoms with Gasteiger partial charge in [0.2, 0.25) is 0 Å². The highest BCUT2D eigenvalue weighted by Gasteiger charge is 2.19. The molecule has 5 heteroatoms. The normalized spacial score (nSPS) is 10.8. The number of nitrogen functional groups attached to an aromatic ring is 1. The zero-order valence-corrected chi connectivity index (χ0v) is 11.4. The molecular weight excluding hydrogens is 240 g/mol. The van der Waals surface area contributed by atoms with Gasteiger partial charge in [-0.05, 0) is 31.0 Å². The van der Waals surface area contributed by atoms with E-state index >= 15 is 0 Å². The number of aromatic nitrogens is 2. The van der Waals surface area contributed by atoms with Crippen LogP contribution >= 0.6 is 0 Å². The number of aromatic amines is 1. The summed E-state index contributed by atoms with van der Waals surface area (Å²) in [4.78, 5) is 14.4. The highest BCUT2D eigenvalue weighted by atomic mass is 16.2. The third-order valence-electron chi connectivity index (χ3n) is 3.06. The van der Waals surface area contributed by atoms with E-state index in [2.05, 4.69) is 24.0 Å². The second-order valence-corrected chi connectivity index (χ2v) is 4.67. The lowest BCUT2D eigenvalue weighted by atomic mass is 10.1. The van der Waals surface area contributed by atoms with E-state index < -0.39 is 0 Å². The smallest absolute Gasteiger partial charge is 0.274 e. The van der Waals surface area contributed by atoms with Gasteiger partial charge in [-0.1, -0.05) is 13.8 Å². The van der Waals surface area contributed by atoms with Crippen LogP contribution in [0.1, 0.15) is 37.2 Å². The Kier molecular flexibility index (Phi) is 4.04. The van der Waals surface area contributed by atoms with Gasteiger partial charge < -0.3 is 10.6 Å². The third kappa shape index (κ3) is 2.70. The molecule has 2 rings (SSSR count). The van der Waals surface area contributed by atoms with E-state index in [4.69, 9.17) is 5.73 Å². The van der Waals surface area contributed by atoms with Gasteiger partial charge in [-0.25, -0.2) is 0 Å². The number of nitrogens with zero attached hydrogens (tertiary/aromatic N) is 2. The first kappa shape index (κ1) is 13.4. The molecule has 2 aromatic rings. The van der Waals surface area contributed by atoms with E-state index in [1.807, 2.05) is 11.0 Å². The molecule has 0 aliphatic rings. The Morgan fingerprint density at radius 3 is 2.63 bits per heavy atom. The van der Waals surface area contributed by atoms with Crippen LogP contribution in [0.2, 0.25) is 0 Å². The fraction of sp³-hybridized carbons (Fsp3) is 0.429. The summed E-state index contributed by atoms with van der Waals surface area (Å²) >= 11 is 0. The van der Waals surface area contributed by atoms with Crippen molar-refractivity contribution in [3.05, 3.63) is 23.9 Å².